The molecule has 2 aromatic rings. The smallest absolute Gasteiger partial charge is 0.0617 e. The second-order valence-electron chi connectivity index (χ2n) is 6.44. The number of aliphatic hydroxyl groups excluding tert-OH is 2. The molecule has 0 saturated heterocycles. The maximum Gasteiger partial charge on any atom is 0.0617 e. The lowest BCUT2D eigenvalue weighted by Crippen LogP contribution is -2.33. The number of para-hydroxylation sites is 1. The van der Waals surface area contributed by atoms with Gasteiger partial charge in [0.15, 0.2) is 0 Å². The standard InChI is InChI=1S/C19H21NO2/c21-16-9-10-17(22)18(16)19-14-7-3-1-5-12(14)11-13-6-2-4-8-15(13)20-19/h1-8,16-22H,9-11H2/t16-,17-,19-/m0/s1. The first kappa shape index (κ1) is 13.8. The molecule has 0 bridgehead atoms. The molecule has 3 heteroatoms. The molecule has 0 spiro atoms. The molecule has 1 aliphatic heterocycles. The second-order valence-corrected chi connectivity index (χ2v) is 6.44. The Labute approximate surface area is 130 Å². The van der Waals surface area contributed by atoms with Crippen LogP contribution in [0.4, 0.5) is 5.69 Å². The Balaban J connectivity index is 1.83. The number of nitrogens with one attached hydrogen (secondary N) is 1. The average Bonchev–Trinajstić information content (AvgIpc) is 2.78. The van der Waals surface area contributed by atoms with E-state index in [0.29, 0.717) is 12.8 Å². The van der Waals surface area contributed by atoms with E-state index in [-0.39, 0.29) is 12.0 Å². The molecule has 22 heavy (non-hydrogen) atoms. The van der Waals surface area contributed by atoms with Gasteiger partial charge in [-0.2, -0.15) is 0 Å². The first-order chi connectivity index (χ1) is 10.7. The van der Waals surface area contributed by atoms with E-state index in [1.54, 1.807) is 0 Å². The van der Waals surface area contributed by atoms with Crippen LogP contribution in [0.3, 0.4) is 0 Å². The number of anilines is 1. The number of fused-ring (bicyclic) bond motifs is 2. The first-order valence-corrected chi connectivity index (χ1v) is 8.02. The maximum absolute atomic E-state index is 10.4. The van der Waals surface area contributed by atoms with Gasteiger partial charge in [0.2, 0.25) is 0 Å². The van der Waals surface area contributed by atoms with Crippen molar-refractivity contribution in [2.75, 3.05) is 5.32 Å². The van der Waals surface area contributed by atoms with Crippen LogP contribution in [0.25, 0.3) is 0 Å². The molecular weight excluding hydrogens is 274 g/mol. The Morgan fingerprint density at radius 3 is 2.23 bits per heavy atom. The summed E-state index contributed by atoms with van der Waals surface area (Å²) in [6.07, 6.45) is 1.33. The summed E-state index contributed by atoms with van der Waals surface area (Å²) in [5, 5.41) is 24.4. The number of hydrogen-bond donors (Lipinski definition) is 3. The molecule has 1 heterocycles. The monoisotopic (exact) mass is 295 g/mol. The van der Waals surface area contributed by atoms with Crippen LogP contribution in [0.15, 0.2) is 48.5 Å². The second kappa shape index (κ2) is 5.41. The number of benzene rings is 2. The van der Waals surface area contributed by atoms with Crippen LogP contribution >= 0.6 is 0 Å². The van der Waals surface area contributed by atoms with E-state index in [2.05, 4.69) is 41.7 Å². The van der Waals surface area contributed by atoms with Gasteiger partial charge < -0.3 is 15.5 Å². The van der Waals surface area contributed by atoms with Crippen molar-refractivity contribution in [3.63, 3.8) is 0 Å². The fourth-order valence-corrected chi connectivity index (χ4v) is 4.00. The van der Waals surface area contributed by atoms with E-state index in [9.17, 15) is 10.2 Å². The number of aliphatic hydroxyl groups is 2. The van der Waals surface area contributed by atoms with E-state index < -0.39 is 12.2 Å². The molecule has 1 aliphatic carbocycles. The van der Waals surface area contributed by atoms with Crippen LogP contribution in [-0.4, -0.2) is 22.4 Å². The van der Waals surface area contributed by atoms with Crippen molar-refractivity contribution in [2.45, 2.75) is 37.5 Å². The lowest BCUT2D eigenvalue weighted by Gasteiger charge is -2.30. The van der Waals surface area contributed by atoms with Crippen LogP contribution in [0.2, 0.25) is 0 Å². The van der Waals surface area contributed by atoms with Gasteiger partial charge in [0, 0.05) is 11.6 Å². The van der Waals surface area contributed by atoms with Crippen LogP contribution in [0, 0.1) is 5.92 Å². The quantitative estimate of drug-likeness (QED) is 0.758. The van der Waals surface area contributed by atoms with Gasteiger partial charge in [-0.25, -0.2) is 0 Å². The topological polar surface area (TPSA) is 52.5 Å². The molecule has 0 aromatic heterocycles. The normalized spacial score (nSPS) is 27.6. The van der Waals surface area contributed by atoms with E-state index in [1.165, 1.54) is 16.7 Å². The zero-order valence-corrected chi connectivity index (χ0v) is 12.4. The summed E-state index contributed by atoms with van der Waals surface area (Å²) in [7, 11) is 0. The summed E-state index contributed by atoms with van der Waals surface area (Å²) in [6.45, 7) is 0. The number of hydrogen-bond acceptors (Lipinski definition) is 3. The van der Waals surface area contributed by atoms with E-state index in [0.717, 1.165) is 12.1 Å². The van der Waals surface area contributed by atoms with Gasteiger partial charge in [-0.05, 0) is 42.0 Å². The Morgan fingerprint density at radius 1 is 0.818 bits per heavy atom. The lowest BCUT2D eigenvalue weighted by molar-refractivity contribution is 0.0539. The van der Waals surface area contributed by atoms with Gasteiger partial charge in [-0.3, -0.25) is 0 Å². The molecular formula is C19H21NO2. The highest BCUT2D eigenvalue weighted by atomic mass is 16.3. The molecule has 1 fully saturated rings. The molecule has 2 aliphatic rings. The van der Waals surface area contributed by atoms with Crippen molar-refractivity contribution < 1.29 is 10.2 Å². The summed E-state index contributed by atoms with van der Waals surface area (Å²) in [5.74, 6) is -0.160. The molecule has 0 unspecified atom stereocenters. The molecule has 4 rings (SSSR count). The van der Waals surface area contributed by atoms with Crippen molar-refractivity contribution in [3.05, 3.63) is 65.2 Å². The highest BCUT2D eigenvalue weighted by Gasteiger charge is 2.41. The molecule has 3 atom stereocenters. The number of rotatable bonds is 1. The van der Waals surface area contributed by atoms with Gasteiger partial charge in [0.05, 0.1) is 18.2 Å². The Morgan fingerprint density at radius 2 is 1.45 bits per heavy atom. The zero-order valence-electron chi connectivity index (χ0n) is 12.4. The predicted octanol–water partition coefficient (Wildman–Crippen LogP) is 2.88. The van der Waals surface area contributed by atoms with Crippen LogP contribution in [-0.2, 0) is 6.42 Å². The molecule has 2 aromatic carbocycles. The fraction of sp³-hybridized carbons (Fsp3) is 0.368. The van der Waals surface area contributed by atoms with Gasteiger partial charge in [0.25, 0.3) is 0 Å². The summed E-state index contributed by atoms with van der Waals surface area (Å²) in [4.78, 5) is 0. The van der Waals surface area contributed by atoms with Crippen molar-refractivity contribution >= 4 is 5.69 Å². The Bertz CT molecular complexity index is 675. The van der Waals surface area contributed by atoms with Gasteiger partial charge >= 0.3 is 0 Å². The van der Waals surface area contributed by atoms with E-state index in [1.807, 2.05) is 12.1 Å². The lowest BCUT2D eigenvalue weighted by atomic mass is 9.86. The zero-order chi connectivity index (χ0) is 15.1. The van der Waals surface area contributed by atoms with Crippen molar-refractivity contribution in [1.82, 2.24) is 0 Å². The Kier molecular flexibility index (Phi) is 3.40. The third-order valence-corrected chi connectivity index (χ3v) is 5.13. The predicted molar refractivity (Wildman–Crippen MR) is 86.8 cm³/mol. The molecule has 114 valence electrons. The summed E-state index contributed by atoms with van der Waals surface area (Å²) in [5.41, 5.74) is 4.84. The summed E-state index contributed by atoms with van der Waals surface area (Å²) < 4.78 is 0. The average molecular weight is 295 g/mol. The molecule has 1 saturated carbocycles. The van der Waals surface area contributed by atoms with Gasteiger partial charge in [-0.1, -0.05) is 42.5 Å². The molecule has 3 nitrogen and oxygen atoms in total. The minimum absolute atomic E-state index is 0.0488. The van der Waals surface area contributed by atoms with Crippen molar-refractivity contribution in [2.24, 2.45) is 5.92 Å². The van der Waals surface area contributed by atoms with Crippen molar-refractivity contribution in [3.8, 4) is 0 Å². The minimum Gasteiger partial charge on any atom is -0.393 e. The third-order valence-electron chi connectivity index (χ3n) is 5.13. The van der Waals surface area contributed by atoms with Crippen molar-refractivity contribution in [1.29, 1.82) is 0 Å². The molecule has 0 radical (unpaired) electrons. The largest absolute Gasteiger partial charge is 0.393 e. The summed E-state index contributed by atoms with van der Waals surface area (Å²) in [6, 6.07) is 16.6. The summed E-state index contributed by atoms with van der Waals surface area (Å²) >= 11 is 0. The molecule has 3 N–H and O–H groups in total. The fourth-order valence-electron chi connectivity index (χ4n) is 4.00. The van der Waals surface area contributed by atoms with Crippen LogP contribution < -0.4 is 5.32 Å². The van der Waals surface area contributed by atoms with Gasteiger partial charge in [0.1, 0.15) is 0 Å². The highest BCUT2D eigenvalue weighted by molar-refractivity contribution is 5.58. The first-order valence-electron chi connectivity index (χ1n) is 8.02. The van der Waals surface area contributed by atoms with E-state index >= 15 is 0 Å². The van der Waals surface area contributed by atoms with Gasteiger partial charge in [-0.15, -0.1) is 0 Å². The highest BCUT2D eigenvalue weighted by Crippen LogP contribution is 2.42. The SMILES string of the molecule is O[C@H]1CC[C@H](O)C1[C@H]1Nc2ccccc2Cc2ccccc21. The minimum atomic E-state index is -0.453. The third kappa shape index (κ3) is 2.21. The molecule has 0 amide bonds. The van der Waals surface area contributed by atoms with Crippen LogP contribution in [0.5, 0.6) is 0 Å². The maximum atomic E-state index is 10.4. The Hall–Kier alpha value is -1.84. The van der Waals surface area contributed by atoms with Crippen LogP contribution in [0.1, 0.15) is 35.6 Å². The van der Waals surface area contributed by atoms with E-state index in [4.69, 9.17) is 0 Å².